The van der Waals surface area contributed by atoms with E-state index in [1.165, 1.54) is 19.3 Å². The van der Waals surface area contributed by atoms with E-state index in [0.717, 1.165) is 45.2 Å². The van der Waals surface area contributed by atoms with E-state index in [0.29, 0.717) is 6.04 Å². The summed E-state index contributed by atoms with van der Waals surface area (Å²) in [5.41, 5.74) is 0. The molecular formula is C15H24N2O2. The van der Waals surface area contributed by atoms with Gasteiger partial charge in [0.05, 0.1) is 11.8 Å². The van der Waals surface area contributed by atoms with Crippen molar-refractivity contribution in [1.29, 1.82) is 0 Å². The topological polar surface area (TPSA) is 49.4 Å². The number of piperidine rings is 1. The molecule has 2 unspecified atom stereocenters. The van der Waals surface area contributed by atoms with Crippen LogP contribution < -0.4 is 5.32 Å². The third kappa shape index (κ3) is 2.93. The van der Waals surface area contributed by atoms with E-state index in [1.807, 2.05) is 4.90 Å². The summed E-state index contributed by atoms with van der Waals surface area (Å²) in [6.07, 6.45) is 8.94. The van der Waals surface area contributed by atoms with Crippen LogP contribution in [0.5, 0.6) is 0 Å². The second kappa shape index (κ2) is 5.51. The van der Waals surface area contributed by atoms with Crippen molar-refractivity contribution in [3.05, 3.63) is 0 Å². The molecular weight excluding hydrogens is 240 g/mol. The first-order valence-corrected chi connectivity index (χ1v) is 7.85. The molecule has 3 rings (SSSR count). The van der Waals surface area contributed by atoms with Gasteiger partial charge < -0.3 is 10.2 Å². The molecule has 0 aromatic rings. The molecule has 1 heterocycles. The number of rotatable bonds is 3. The minimum absolute atomic E-state index is 0.0143. The van der Waals surface area contributed by atoms with Crippen molar-refractivity contribution in [1.82, 2.24) is 10.2 Å². The highest BCUT2D eigenvalue weighted by atomic mass is 16.2. The first-order chi connectivity index (χ1) is 9.25. The molecule has 3 aliphatic rings. The van der Waals surface area contributed by atoms with Gasteiger partial charge in [-0.15, -0.1) is 0 Å². The van der Waals surface area contributed by atoms with E-state index < -0.39 is 0 Å². The van der Waals surface area contributed by atoms with Crippen LogP contribution in [0.1, 0.15) is 51.4 Å². The summed E-state index contributed by atoms with van der Waals surface area (Å²) in [6.45, 7) is 1.79. The predicted octanol–water partition coefficient (Wildman–Crippen LogP) is 1.69. The summed E-state index contributed by atoms with van der Waals surface area (Å²) in [6, 6.07) is 0.374. The number of hydrogen-bond acceptors (Lipinski definition) is 2. The van der Waals surface area contributed by atoms with E-state index in [9.17, 15) is 9.59 Å². The summed E-state index contributed by atoms with van der Waals surface area (Å²) >= 11 is 0. The number of likely N-dealkylation sites (tertiary alicyclic amines) is 1. The molecule has 2 atom stereocenters. The minimum atomic E-state index is -0.0324. The fraction of sp³-hybridized carbons (Fsp3) is 0.867. The molecule has 4 nitrogen and oxygen atoms in total. The normalized spacial score (nSPS) is 31.3. The first kappa shape index (κ1) is 12.9. The Balaban J connectivity index is 1.46. The molecule has 0 aromatic carbocycles. The van der Waals surface area contributed by atoms with Crippen molar-refractivity contribution in [2.75, 3.05) is 13.1 Å². The Kier molecular flexibility index (Phi) is 3.76. The molecule has 1 saturated heterocycles. The molecule has 2 saturated carbocycles. The molecule has 1 aliphatic heterocycles. The predicted molar refractivity (Wildman–Crippen MR) is 72.4 cm³/mol. The second-order valence-corrected chi connectivity index (χ2v) is 6.32. The Hall–Kier alpha value is -1.06. The Labute approximate surface area is 114 Å². The highest BCUT2D eigenvalue weighted by Crippen LogP contribution is 2.41. The van der Waals surface area contributed by atoms with Crippen molar-refractivity contribution >= 4 is 11.8 Å². The van der Waals surface area contributed by atoms with Gasteiger partial charge in [0, 0.05) is 19.1 Å². The largest absolute Gasteiger partial charge is 0.353 e. The molecule has 19 heavy (non-hydrogen) atoms. The molecule has 2 aliphatic carbocycles. The van der Waals surface area contributed by atoms with Gasteiger partial charge >= 0.3 is 0 Å². The zero-order valence-electron chi connectivity index (χ0n) is 11.6. The molecule has 0 spiro atoms. The zero-order chi connectivity index (χ0) is 13.2. The molecule has 1 N–H and O–H groups in total. The maximum Gasteiger partial charge on any atom is 0.226 e. The zero-order valence-corrected chi connectivity index (χ0v) is 11.6. The highest BCUT2D eigenvalue weighted by Gasteiger charge is 2.49. The van der Waals surface area contributed by atoms with E-state index in [-0.39, 0.29) is 23.7 Å². The van der Waals surface area contributed by atoms with Gasteiger partial charge in [-0.2, -0.15) is 0 Å². The summed E-state index contributed by atoms with van der Waals surface area (Å²) in [5, 5.41) is 3.12. The van der Waals surface area contributed by atoms with Gasteiger partial charge in [0.15, 0.2) is 0 Å². The van der Waals surface area contributed by atoms with Crippen molar-refractivity contribution in [3.8, 4) is 0 Å². The number of carbonyl (C=O) groups excluding carboxylic acids is 2. The maximum atomic E-state index is 12.3. The van der Waals surface area contributed by atoms with E-state index in [4.69, 9.17) is 0 Å². The van der Waals surface area contributed by atoms with Crippen LogP contribution in [0.3, 0.4) is 0 Å². The Morgan fingerprint density at radius 1 is 0.895 bits per heavy atom. The van der Waals surface area contributed by atoms with Gasteiger partial charge in [-0.05, 0) is 38.5 Å². The standard InChI is InChI=1S/C15H24N2O2/c18-14(16-11-6-2-3-7-11)12-10-13(12)15(19)17-8-4-1-5-9-17/h11-13H,1-10H2,(H,16,18). The number of nitrogens with one attached hydrogen (secondary N) is 1. The van der Waals surface area contributed by atoms with Crippen LogP contribution in [0, 0.1) is 11.8 Å². The fourth-order valence-electron chi connectivity index (χ4n) is 3.48. The molecule has 2 amide bonds. The first-order valence-electron chi connectivity index (χ1n) is 7.85. The smallest absolute Gasteiger partial charge is 0.226 e. The van der Waals surface area contributed by atoms with Gasteiger partial charge in [-0.1, -0.05) is 12.8 Å². The molecule has 4 heteroatoms. The molecule has 106 valence electrons. The minimum Gasteiger partial charge on any atom is -0.353 e. The molecule has 0 aromatic heterocycles. The molecule has 3 fully saturated rings. The average molecular weight is 264 g/mol. The van der Waals surface area contributed by atoms with Gasteiger partial charge in [0.2, 0.25) is 11.8 Å². The number of nitrogens with zero attached hydrogens (tertiary/aromatic N) is 1. The van der Waals surface area contributed by atoms with Gasteiger partial charge in [-0.3, -0.25) is 9.59 Å². The number of amides is 2. The van der Waals surface area contributed by atoms with E-state index >= 15 is 0 Å². The summed E-state index contributed by atoms with van der Waals surface area (Å²) in [5.74, 6) is 0.308. The summed E-state index contributed by atoms with van der Waals surface area (Å²) in [4.78, 5) is 26.3. The van der Waals surface area contributed by atoms with Crippen LogP contribution in [0.2, 0.25) is 0 Å². The maximum absolute atomic E-state index is 12.3. The van der Waals surface area contributed by atoms with Crippen LogP contribution in [0.25, 0.3) is 0 Å². The van der Waals surface area contributed by atoms with Crippen LogP contribution in [-0.4, -0.2) is 35.8 Å². The third-order valence-corrected chi connectivity index (χ3v) is 4.81. The van der Waals surface area contributed by atoms with Crippen molar-refractivity contribution in [2.24, 2.45) is 11.8 Å². The van der Waals surface area contributed by atoms with Gasteiger partial charge in [-0.25, -0.2) is 0 Å². The van der Waals surface area contributed by atoms with Crippen molar-refractivity contribution < 1.29 is 9.59 Å². The summed E-state index contributed by atoms with van der Waals surface area (Å²) < 4.78 is 0. The van der Waals surface area contributed by atoms with Crippen LogP contribution >= 0.6 is 0 Å². The monoisotopic (exact) mass is 264 g/mol. The second-order valence-electron chi connectivity index (χ2n) is 6.32. The Morgan fingerprint density at radius 2 is 1.58 bits per heavy atom. The van der Waals surface area contributed by atoms with Gasteiger partial charge in [0.25, 0.3) is 0 Å². The van der Waals surface area contributed by atoms with Crippen LogP contribution in [0.15, 0.2) is 0 Å². The summed E-state index contributed by atoms with van der Waals surface area (Å²) in [7, 11) is 0. The SMILES string of the molecule is O=C(NC1CCCC1)C1CC1C(=O)N1CCCCC1. The quantitative estimate of drug-likeness (QED) is 0.843. The average Bonchev–Trinajstić information content (AvgIpc) is 3.09. The van der Waals surface area contributed by atoms with Gasteiger partial charge in [0.1, 0.15) is 0 Å². The lowest BCUT2D eigenvalue weighted by atomic mass is 10.1. The van der Waals surface area contributed by atoms with Crippen LogP contribution in [0.4, 0.5) is 0 Å². The lowest BCUT2D eigenvalue weighted by Gasteiger charge is -2.26. The number of hydrogen-bond donors (Lipinski definition) is 1. The highest BCUT2D eigenvalue weighted by molar-refractivity contribution is 5.92. The van der Waals surface area contributed by atoms with Crippen LogP contribution in [-0.2, 0) is 9.59 Å². The fourth-order valence-corrected chi connectivity index (χ4v) is 3.48. The van der Waals surface area contributed by atoms with Crippen molar-refractivity contribution in [3.63, 3.8) is 0 Å². The lowest BCUT2D eigenvalue weighted by Crippen LogP contribution is -2.39. The lowest BCUT2D eigenvalue weighted by molar-refractivity contribution is -0.135. The Morgan fingerprint density at radius 3 is 2.26 bits per heavy atom. The number of carbonyl (C=O) groups is 2. The Bertz CT molecular complexity index is 357. The molecule has 0 radical (unpaired) electrons. The van der Waals surface area contributed by atoms with E-state index in [1.54, 1.807) is 0 Å². The third-order valence-electron chi connectivity index (χ3n) is 4.81. The molecule has 0 bridgehead atoms. The van der Waals surface area contributed by atoms with Crippen molar-refractivity contribution in [2.45, 2.75) is 57.4 Å². The van der Waals surface area contributed by atoms with E-state index in [2.05, 4.69) is 5.32 Å².